The Bertz CT molecular complexity index is 891. The fourth-order valence-corrected chi connectivity index (χ4v) is 3.92. The number of ether oxygens (including phenoxy) is 1. The van der Waals surface area contributed by atoms with Gasteiger partial charge in [0, 0.05) is 41.0 Å². The molecule has 2 aromatic rings. The van der Waals surface area contributed by atoms with E-state index in [0.29, 0.717) is 10.9 Å². The monoisotopic (exact) mass is 384 g/mol. The van der Waals surface area contributed by atoms with E-state index in [-0.39, 0.29) is 6.17 Å². The van der Waals surface area contributed by atoms with Crippen molar-refractivity contribution in [3.8, 4) is 5.88 Å². The molecule has 132 valence electrons. The average molecular weight is 385 g/mol. The zero-order valence-corrected chi connectivity index (χ0v) is 15.6. The predicted octanol–water partition coefficient (Wildman–Crippen LogP) is 3.61. The maximum atomic E-state index is 5.92. The van der Waals surface area contributed by atoms with E-state index >= 15 is 0 Å². The van der Waals surface area contributed by atoms with E-state index in [0.717, 1.165) is 22.0 Å². The highest BCUT2D eigenvalue weighted by Crippen LogP contribution is 2.35. The summed E-state index contributed by atoms with van der Waals surface area (Å²) in [5.41, 5.74) is 4.58. The maximum Gasteiger partial charge on any atom is 0.212 e. The molecule has 1 atom stereocenters. The highest BCUT2D eigenvalue weighted by molar-refractivity contribution is 7.99. The topological polar surface area (TPSA) is 59.1 Å². The van der Waals surface area contributed by atoms with Crippen molar-refractivity contribution in [2.24, 2.45) is 0 Å². The first-order valence-electron chi connectivity index (χ1n) is 8.12. The number of rotatable bonds is 5. The number of dihydropyridines is 1. The SMILES string of the molecule is COc1ccc(C2=C(CSc3ccc(Cl)cn3)C3=CC=CNC3N2)cn1. The van der Waals surface area contributed by atoms with Crippen LogP contribution in [0.3, 0.4) is 0 Å². The van der Waals surface area contributed by atoms with Crippen molar-refractivity contribution >= 4 is 29.1 Å². The summed E-state index contributed by atoms with van der Waals surface area (Å²) in [5.74, 6) is 1.39. The van der Waals surface area contributed by atoms with Gasteiger partial charge in [0.05, 0.1) is 17.2 Å². The van der Waals surface area contributed by atoms with E-state index in [4.69, 9.17) is 16.3 Å². The minimum atomic E-state index is 0.0749. The molecule has 0 bridgehead atoms. The Morgan fingerprint density at radius 3 is 2.85 bits per heavy atom. The van der Waals surface area contributed by atoms with Gasteiger partial charge < -0.3 is 15.4 Å². The number of hydrogen-bond donors (Lipinski definition) is 2. The van der Waals surface area contributed by atoms with Crippen LogP contribution in [-0.2, 0) is 0 Å². The van der Waals surface area contributed by atoms with Gasteiger partial charge in [-0.2, -0.15) is 0 Å². The molecule has 0 fully saturated rings. The van der Waals surface area contributed by atoms with Gasteiger partial charge in [-0.15, -0.1) is 11.8 Å². The summed E-state index contributed by atoms with van der Waals surface area (Å²) >= 11 is 7.61. The molecule has 0 saturated carbocycles. The lowest BCUT2D eigenvalue weighted by Gasteiger charge is -2.18. The third-order valence-corrected chi connectivity index (χ3v) is 5.38. The first-order chi connectivity index (χ1) is 12.7. The second-order valence-electron chi connectivity index (χ2n) is 5.77. The Kier molecular flexibility index (Phi) is 4.86. The zero-order chi connectivity index (χ0) is 17.9. The van der Waals surface area contributed by atoms with Gasteiger partial charge in [0.2, 0.25) is 5.88 Å². The molecular weight excluding hydrogens is 368 g/mol. The largest absolute Gasteiger partial charge is 0.481 e. The minimum absolute atomic E-state index is 0.0749. The molecule has 0 aliphatic carbocycles. The molecule has 2 aliphatic heterocycles. The van der Waals surface area contributed by atoms with Gasteiger partial charge >= 0.3 is 0 Å². The molecule has 5 nitrogen and oxygen atoms in total. The molecule has 0 spiro atoms. The number of thioether (sulfide) groups is 1. The number of nitrogens with one attached hydrogen (secondary N) is 2. The lowest BCUT2D eigenvalue weighted by molar-refractivity contribution is 0.398. The highest BCUT2D eigenvalue weighted by Gasteiger charge is 2.29. The van der Waals surface area contributed by atoms with Crippen molar-refractivity contribution in [2.45, 2.75) is 11.2 Å². The third-order valence-electron chi connectivity index (χ3n) is 4.18. The smallest absolute Gasteiger partial charge is 0.212 e. The molecule has 1 unspecified atom stereocenters. The summed E-state index contributed by atoms with van der Waals surface area (Å²) in [5, 5.41) is 8.49. The highest BCUT2D eigenvalue weighted by atomic mass is 35.5. The van der Waals surface area contributed by atoms with Gasteiger partial charge in [-0.3, -0.25) is 0 Å². The molecule has 26 heavy (non-hydrogen) atoms. The molecule has 4 heterocycles. The standard InChI is InChI=1S/C19H17ClN4OS/c1-25-16-6-4-12(9-22-16)18-15(14-3-2-8-21-19(14)24-18)11-26-17-7-5-13(20)10-23-17/h2-10,19,21,24H,11H2,1H3. The molecule has 2 aliphatic rings. The second kappa shape index (κ2) is 7.43. The van der Waals surface area contributed by atoms with Crippen molar-refractivity contribution in [3.05, 3.63) is 76.7 Å². The van der Waals surface area contributed by atoms with E-state index in [1.54, 1.807) is 25.1 Å². The fourth-order valence-electron chi connectivity index (χ4n) is 2.92. The molecule has 0 amide bonds. The van der Waals surface area contributed by atoms with Crippen LogP contribution in [0.15, 0.2) is 71.2 Å². The summed E-state index contributed by atoms with van der Waals surface area (Å²) < 4.78 is 5.16. The van der Waals surface area contributed by atoms with Gasteiger partial charge in [0.15, 0.2) is 0 Å². The first kappa shape index (κ1) is 17.0. The van der Waals surface area contributed by atoms with Gasteiger partial charge in [-0.1, -0.05) is 17.7 Å². The lowest BCUT2D eigenvalue weighted by atomic mass is 10.0. The summed E-state index contributed by atoms with van der Waals surface area (Å²) in [7, 11) is 1.62. The Morgan fingerprint density at radius 1 is 1.19 bits per heavy atom. The van der Waals surface area contributed by atoms with Crippen molar-refractivity contribution in [2.75, 3.05) is 12.9 Å². The first-order valence-corrected chi connectivity index (χ1v) is 9.48. The Morgan fingerprint density at radius 2 is 2.12 bits per heavy atom. The number of hydrogen-bond acceptors (Lipinski definition) is 6. The molecule has 0 saturated heterocycles. The van der Waals surface area contributed by atoms with Crippen molar-refractivity contribution < 1.29 is 4.74 Å². The van der Waals surface area contributed by atoms with Crippen LogP contribution in [0.2, 0.25) is 5.02 Å². The average Bonchev–Trinajstić information content (AvgIpc) is 3.06. The molecule has 7 heteroatoms. The van der Waals surface area contributed by atoms with Crippen LogP contribution in [0, 0.1) is 0 Å². The molecule has 4 rings (SSSR count). The van der Waals surface area contributed by atoms with E-state index < -0.39 is 0 Å². The number of nitrogens with zero attached hydrogens (tertiary/aromatic N) is 2. The third kappa shape index (κ3) is 3.43. The van der Waals surface area contributed by atoms with Crippen molar-refractivity contribution in [3.63, 3.8) is 0 Å². The summed E-state index contributed by atoms with van der Waals surface area (Å²) in [6, 6.07) is 7.69. The lowest BCUT2D eigenvalue weighted by Crippen LogP contribution is -2.36. The van der Waals surface area contributed by atoms with Gasteiger partial charge in [-0.25, -0.2) is 9.97 Å². The van der Waals surface area contributed by atoms with E-state index in [1.165, 1.54) is 11.1 Å². The van der Waals surface area contributed by atoms with Crippen LogP contribution in [-0.4, -0.2) is 29.0 Å². The Hall–Kier alpha value is -2.44. The van der Waals surface area contributed by atoms with Crippen LogP contribution >= 0.6 is 23.4 Å². The predicted molar refractivity (Wildman–Crippen MR) is 105 cm³/mol. The number of allylic oxidation sites excluding steroid dienone is 2. The van der Waals surface area contributed by atoms with Gasteiger partial charge in [-0.05, 0) is 36.0 Å². The summed E-state index contributed by atoms with van der Waals surface area (Å²) in [6.07, 6.45) is 9.69. The fraction of sp³-hybridized carbons (Fsp3) is 0.158. The van der Waals surface area contributed by atoms with Gasteiger partial charge in [0.1, 0.15) is 6.17 Å². The number of halogens is 1. The zero-order valence-electron chi connectivity index (χ0n) is 14.1. The van der Waals surface area contributed by atoms with E-state index in [2.05, 4.69) is 26.7 Å². The normalized spacial score (nSPS) is 18.1. The number of pyridine rings is 2. The van der Waals surface area contributed by atoms with Gasteiger partial charge in [0.25, 0.3) is 0 Å². The summed E-state index contributed by atoms with van der Waals surface area (Å²) in [6.45, 7) is 0. The molecule has 2 aromatic heterocycles. The van der Waals surface area contributed by atoms with Crippen molar-refractivity contribution in [1.82, 2.24) is 20.6 Å². The van der Waals surface area contributed by atoms with Crippen LogP contribution in [0.25, 0.3) is 5.70 Å². The Balaban J connectivity index is 1.64. The van der Waals surface area contributed by atoms with Crippen LogP contribution in [0.5, 0.6) is 5.88 Å². The molecule has 0 aromatic carbocycles. The van der Waals surface area contributed by atoms with Crippen LogP contribution in [0.4, 0.5) is 0 Å². The second-order valence-corrected chi connectivity index (χ2v) is 7.20. The molecular formula is C19H17ClN4OS. The maximum absolute atomic E-state index is 5.92. The van der Waals surface area contributed by atoms with E-state index in [1.807, 2.05) is 42.7 Å². The number of aromatic nitrogens is 2. The van der Waals surface area contributed by atoms with E-state index in [9.17, 15) is 0 Å². The molecule has 0 radical (unpaired) electrons. The summed E-state index contributed by atoms with van der Waals surface area (Å²) in [4.78, 5) is 8.71. The number of fused-ring (bicyclic) bond motifs is 1. The van der Waals surface area contributed by atoms with Crippen molar-refractivity contribution in [1.29, 1.82) is 0 Å². The Labute approximate surface area is 161 Å². The molecule has 2 N–H and O–H groups in total. The van der Waals surface area contributed by atoms with Crippen LogP contribution in [0.1, 0.15) is 5.56 Å². The number of methoxy groups -OCH3 is 1. The van der Waals surface area contributed by atoms with Crippen LogP contribution < -0.4 is 15.4 Å². The quantitative estimate of drug-likeness (QED) is 0.768. The minimum Gasteiger partial charge on any atom is -0.481 e.